The van der Waals surface area contributed by atoms with Crippen molar-refractivity contribution in [3.8, 4) is 0 Å². The van der Waals surface area contributed by atoms with Crippen LogP contribution < -0.4 is 5.32 Å². The fraction of sp³-hybridized carbons (Fsp3) is 0.786. The zero-order valence-corrected chi connectivity index (χ0v) is 12.5. The molecule has 1 unspecified atom stereocenters. The first-order valence-electron chi connectivity index (χ1n) is 6.99. The van der Waals surface area contributed by atoms with E-state index in [1.165, 1.54) is 12.1 Å². The van der Waals surface area contributed by atoms with Gasteiger partial charge in [-0.25, -0.2) is 0 Å². The second kappa shape index (κ2) is 7.54. The third kappa shape index (κ3) is 4.42. The van der Waals surface area contributed by atoms with Crippen LogP contribution in [-0.4, -0.2) is 47.4 Å². The SMILES string of the molecule is CCN(CC)CCC(Cc1cc(C)nn1C)NC. The highest BCUT2D eigenvalue weighted by atomic mass is 15.3. The van der Waals surface area contributed by atoms with Gasteiger partial charge < -0.3 is 10.2 Å². The quantitative estimate of drug-likeness (QED) is 0.763. The van der Waals surface area contributed by atoms with Crippen LogP contribution in [0.15, 0.2) is 6.07 Å². The van der Waals surface area contributed by atoms with Gasteiger partial charge in [0.25, 0.3) is 0 Å². The Balaban J connectivity index is 2.49. The predicted molar refractivity (Wildman–Crippen MR) is 76.9 cm³/mol. The molecule has 104 valence electrons. The van der Waals surface area contributed by atoms with Gasteiger partial charge in [-0.05, 0) is 46.1 Å². The molecule has 18 heavy (non-hydrogen) atoms. The lowest BCUT2D eigenvalue weighted by molar-refractivity contribution is 0.282. The minimum absolute atomic E-state index is 0.528. The molecular formula is C14H28N4. The minimum atomic E-state index is 0.528. The van der Waals surface area contributed by atoms with Gasteiger partial charge in [0.2, 0.25) is 0 Å². The summed E-state index contributed by atoms with van der Waals surface area (Å²) in [6, 6.07) is 2.71. The van der Waals surface area contributed by atoms with Crippen LogP contribution in [0.1, 0.15) is 31.7 Å². The largest absolute Gasteiger partial charge is 0.317 e. The van der Waals surface area contributed by atoms with Gasteiger partial charge in [0.05, 0.1) is 5.69 Å². The number of rotatable bonds is 8. The van der Waals surface area contributed by atoms with Crippen molar-refractivity contribution in [2.24, 2.45) is 7.05 Å². The number of aryl methyl sites for hydroxylation is 2. The summed E-state index contributed by atoms with van der Waals surface area (Å²) in [5.74, 6) is 0. The average molecular weight is 252 g/mol. The molecule has 0 aromatic carbocycles. The van der Waals surface area contributed by atoms with Crippen molar-refractivity contribution < 1.29 is 0 Å². The maximum absolute atomic E-state index is 4.40. The number of nitrogens with zero attached hydrogens (tertiary/aromatic N) is 3. The summed E-state index contributed by atoms with van der Waals surface area (Å²) in [6.07, 6.45) is 2.23. The van der Waals surface area contributed by atoms with E-state index in [9.17, 15) is 0 Å². The topological polar surface area (TPSA) is 33.1 Å². The van der Waals surface area contributed by atoms with Crippen LogP contribution in [0.25, 0.3) is 0 Å². The summed E-state index contributed by atoms with van der Waals surface area (Å²) >= 11 is 0. The number of nitrogens with one attached hydrogen (secondary N) is 1. The van der Waals surface area contributed by atoms with E-state index in [1.54, 1.807) is 0 Å². The minimum Gasteiger partial charge on any atom is -0.317 e. The monoisotopic (exact) mass is 252 g/mol. The van der Waals surface area contributed by atoms with Crippen molar-refractivity contribution >= 4 is 0 Å². The van der Waals surface area contributed by atoms with Gasteiger partial charge in [-0.2, -0.15) is 5.10 Å². The lowest BCUT2D eigenvalue weighted by Crippen LogP contribution is -2.34. The summed E-state index contributed by atoms with van der Waals surface area (Å²) in [6.45, 7) is 9.93. The Labute approximate surface area is 111 Å². The first kappa shape index (κ1) is 15.2. The van der Waals surface area contributed by atoms with E-state index >= 15 is 0 Å². The highest BCUT2D eigenvalue weighted by Crippen LogP contribution is 2.08. The Hall–Kier alpha value is -0.870. The Morgan fingerprint density at radius 3 is 2.50 bits per heavy atom. The molecule has 1 atom stereocenters. The number of aromatic nitrogens is 2. The lowest BCUT2D eigenvalue weighted by atomic mass is 10.1. The second-order valence-electron chi connectivity index (χ2n) is 4.91. The van der Waals surface area contributed by atoms with Crippen molar-refractivity contribution in [3.63, 3.8) is 0 Å². The molecule has 4 heteroatoms. The van der Waals surface area contributed by atoms with Gasteiger partial charge >= 0.3 is 0 Å². The molecule has 1 heterocycles. The highest BCUT2D eigenvalue weighted by molar-refractivity contribution is 5.10. The molecular weight excluding hydrogens is 224 g/mol. The molecule has 0 radical (unpaired) electrons. The van der Waals surface area contributed by atoms with Gasteiger partial charge in [-0.1, -0.05) is 13.8 Å². The summed E-state index contributed by atoms with van der Waals surface area (Å²) < 4.78 is 2.00. The van der Waals surface area contributed by atoms with Crippen molar-refractivity contribution in [1.82, 2.24) is 20.0 Å². The van der Waals surface area contributed by atoms with E-state index in [0.29, 0.717) is 6.04 Å². The first-order chi connectivity index (χ1) is 8.60. The zero-order chi connectivity index (χ0) is 13.5. The van der Waals surface area contributed by atoms with Gasteiger partial charge in [-0.15, -0.1) is 0 Å². The highest BCUT2D eigenvalue weighted by Gasteiger charge is 2.12. The normalized spacial score (nSPS) is 13.2. The molecule has 0 saturated heterocycles. The Kier molecular flexibility index (Phi) is 6.36. The average Bonchev–Trinajstić information content (AvgIpc) is 2.67. The molecule has 1 rings (SSSR count). The second-order valence-corrected chi connectivity index (χ2v) is 4.91. The Bertz CT molecular complexity index is 342. The fourth-order valence-corrected chi connectivity index (χ4v) is 2.33. The molecule has 1 aromatic rings. The van der Waals surface area contributed by atoms with E-state index in [1.807, 2.05) is 18.7 Å². The summed E-state index contributed by atoms with van der Waals surface area (Å²) in [5.41, 5.74) is 2.41. The number of hydrogen-bond acceptors (Lipinski definition) is 3. The van der Waals surface area contributed by atoms with E-state index in [4.69, 9.17) is 0 Å². The third-order valence-electron chi connectivity index (χ3n) is 3.65. The molecule has 0 aliphatic carbocycles. The maximum Gasteiger partial charge on any atom is 0.0596 e. The van der Waals surface area contributed by atoms with Crippen LogP contribution in [0.4, 0.5) is 0 Å². The lowest BCUT2D eigenvalue weighted by Gasteiger charge is -2.22. The number of hydrogen-bond donors (Lipinski definition) is 1. The Morgan fingerprint density at radius 1 is 1.39 bits per heavy atom. The van der Waals surface area contributed by atoms with Crippen LogP contribution in [0.2, 0.25) is 0 Å². The standard InChI is InChI=1S/C14H28N4/c1-6-18(7-2)9-8-13(15-4)11-14-10-12(3)16-17(14)5/h10,13,15H,6-9,11H2,1-5H3. The van der Waals surface area contributed by atoms with Crippen molar-refractivity contribution in [2.45, 2.75) is 39.7 Å². The van der Waals surface area contributed by atoms with Gasteiger partial charge in [0, 0.05) is 25.2 Å². The fourth-order valence-electron chi connectivity index (χ4n) is 2.33. The molecule has 0 aliphatic rings. The molecule has 0 fully saturated rings. The summed E-state index contributed by atoms with van der Waals surface area (Å²) in [7, 11) is 4.08. The van der Waals surface area contributed by atoms with Crippen LogP contribution in [0, 0.1) is 6.92 Å². The van der Waals surface area contributed by atoms with Crippen molar-refractivity contribution in [2.75, 3.05) is 26.7 Å². The molecule has 0 amide bonds. The third-order valence-corrected chi connectivity index (χ3v) is 3.65. The zero-order valence-electron chi connectivity index (χ0n) is 12.5. The van der Waals surface area contributed by atoms with Crippen LogP contribution in [-0.2, 0) is 13.5 Å². The first-order valence-corrected chi connectivity index (χ1v) is 6.99. The molecule has 1 N–H and O–H groups in total. The van der Waals surface area contributed by atoms with Crippen LogP contribution >= 0.6 is 0 Å². The van der Waals surface area contributed by atoms with E-state index in [2.05, 4.69) is 42.3 Å². The predicted octanol–water partition coefficient (Wildman–Crippen LogP) is 1.59. The molecule has 0 bridgehead atoms. The van der Waals surface area contributed by atoms with Gasteiger partial charge in [0.1, 0.15) is 0 Å². The molecule has 4 nitrogen and oxygen atoms in total. The van der Waals surface area contributed by atoms with Gasteiger partial charge in [0.15, 0.2) is 0 Å². The Morgan fingerprint density at radius 2 is 2.06 bits per heavy atom. The summed E-state index contributed by atoms with van der Waals surface area (Å²) in [5, 5.41) is 7.83. The molecule has 0 aliphatic heterocycles. The summed E-state index contributed by atoms with van der Waals surface area (Å²) in [4.78, 5) is 2.47. The van der Waals surface area contributed by atoms with Crippen LogP contribution in [0.3, 0.4) is 0 Å². The maximum atomic E-state index is 4.40. The van der Waals surface area contributed by atoms with Crippen molar-refractivity contribution in [3.05, 3.63) is 17.5 Å². The van der Waals surface area contributed by atoms with Crippen molar-refractivity contribution in [1.29, 1.82) is 0 Å². The molecule has 1 aromatic heterocycles. The van der Waals surface area contributed by atoms with Gasteiger partial charge in [-0.3, -0.25) is 4.68 Å². The smallest absolute Gasteiger partial charge is 0.0596 e. The molecule has 0 saturated carbocycles. The van der Waals surface area contributed by atoms with E-state index in [-0.39, 0.29) is 0 Å². The van der Waals surface area contributed by atoms with E-state index < -0.39 is 0 Å². The molecule has 0 spiro atoms. The number of likely N-dealkylation sites (N-methyl/N-ethyl adjacent to an activating group) is 1. The van der Waals surface area contributed by atoms with Crippen LogP contribution in [0.5, 0.6) is 0 Å². The van der Waals surface area contributed by atoms with E-state index in [0.717, 1.165) is 31.7 Å².